The van der Waals surface area contributed by atoms with Crippen molar-refractivity contribution in [3.8, 4) is 11.4 Å². The van der Waals surface area contributed by atoms with Crippen LogP contribution in [0.2, 0.25) is 5.02 Å². The largest absolute Gasteiger partial charge is 0.334 e. The van der Waals surface area contributed by atoms with E-state index in [-0.39, 0.29) is 36.0 Å². The van der Waals surface area contributed by atoms with Crippen LogP contribution in [0.3, 0.4) is 0 Å². The van der Waals surface area contributed by atoms with E-state index in [4.69, 9.17) is 11.6 Å². The molecule has 1 saturated carbocycles. The molecule has 0 N–H and O–H groups in total. The highest BCUT2D eigenvalue weighted by atomic mass is 35.5. The van der Waals surface area contributed by atoms with Crippen molar-refractivity contribution in [1.29, 1.82) is 0 Å². The molecule has 1 aliphatic carbocycles. The molecule has 1 atom stereocenters. The molecule has 0 bridgehead atoms. The van der Waals surface area contributed by atoms with Gasteiger partial charge in [-0.1, -0.05) is 23.7 Å². The van der Waals surface area contributed by atoms with E-state index < -0.39 is 9.84 Å². The summed E-state index contributed by atoms with van der Waals surface area (Å²) in [7, 11) is -3.05. The molecule has 0 radical (unpaired) electrons. The lowest BCUT2D eigenvalue weighted by Gasteiger charge is -2.28. The molecular formula is C16H18ClN5O3S. The van der Waals surface area contributed by atoms with Crippen molar-refractivity contribution >= 4 is 27.3 Å². The summed E-state index contributed by atoms with van der Waals surface area (Å²) in [6.07, 6.45) is 2.33. The zero-order chi connectivity index (χ0) is 18.3. The number of sulfone groups is 1. The van der Waals surface area contributed by atoms with Crippen LogP contribution in [0, 0.1) is 0 Å². The number of halogens is 1. The van der Waals surface area contributed by atoms with E-state index in [0.717, 1.165) is 12.8 Å². The summed E-state index contributed by atoms with van der Waals surface area (Å²) in [5.74, 6) is 0.375. The number of rotatable bonds is 5. The van der Waals surface area contributed by atoms with Gasteiger partial charge in [-0.2, -0.15) is 4.80 Å². The molecule has 1 saturated heterocycles. The Kier molecular flexibility index (Phi) is 4.44. The van der Waals surface area contributed by atoms with Gasteiger partial charge >= 0.3 is 0 Å². The quantitative estimate of drug-likeness (QED) is 0.753. The summed E-state index contributed by atoms with van der Waals surface area (Å²) in [5, 5.41) is 12.7. The number of benzene rings is 1. The predicted molar refractivity (Wildman–Crippen MR) is 95.2 cm³/mol. The van der Waals surface area contributed by atoms with Crippen LogP contribution >= 0.6 is 11.6 Å². The first-order chi connectivity index (χ1) is 12.4. The highest BCUT2D eigenvalue weighted by Crippen LogP contribution is 2.32. The summed E-state index contributed by atoms with van der Waals surface area (Å²) < 4.78 is 23.5. The van der Waals surface area contributed by atoms with Gasteiger partial charge in [-0.15, -0.1) is 10.2 Å². The molecular weight excluding hydrogens is 378 g/mol. The van der Waals surface area contributed by atoms with Crippen LogP contribution in [-0.4, -0.2) is 63.0 Å². The van der Waals surface area contributed by atoms with Gasteiger partial charge in [0.15, 0.2) is 9.84 Å². The molecule has 1 amide bonds. The fraction of sp³-hybridized carbons (Fsp3) is 0.500. The molecule has 1 aromatic carbocycles. The lowest BCUT2D eigenvalue weighted by atomic mass is 10.2. The molecule has 138 valence electrons. The predicted octanol–water partition coefficient (Wildman–Crippen LogP) is 1.17. The number of carbonyl (C=O) groups excluding carboxylic acids is 1. The monoisotopic (exact) mass is 395 g/mol. The molecule has 2 aliphatic rings. The van der Waals surface area contributed by atoms with E-state index >= 15 is 0 Å². The Balaban J connectivity index is 1.50. The number of nitrogens with zero attached hydrogens (tertiary/aromatic N) is 5. The highest BCUT2D eigenvalue weighted by molar-refractivity contribution is 7.91. The van der Waals surface area contributed by atoms with Crippen molar-refractivity contribution in [3.63, 3.8) is 0 Å². The normalized spacial score (nSPS) is 21.7. The van der Waals surface area contributed by atoms with Crippen molar-refractivity contribution in [2.45, 2.75) is 37.9 Å². The summed E-state index contributed by atoms with van der Waals surface area (Å²) >= 11 is 6.14. The van der Waals surface area contributed by atoms with Gasteiger partial charge in [0.1, 0.15) is 6.54 Å². The summed E-state index contributed by atoms with van der Waals surface area (Å²) in [6.45, 7) is -0.0650. The second-order valence-electron chi connectivity index (χ2n) is 6.71. The Labute approximate surface area is 156 Å². The summed E-state index contributed by atoms with van der Waals surface area (Å²) in [6, 6.07) is 7.04. The Morgan fingerprint density at radius 2 is 2.00 bits per heavy atom. The fourth-order valence-electron chi connectivity index (χ4n) is 3.32. The second-order valence-corrected chi connectivity index (χ2v) is 9.35. The van der Waals surface area contributed by atoms with Crippen LogP contribution in [0.1, 0.15) is 19.3 Å². The minimum absolute atomic E-state index is 0.0465. The van der Waals surface area contributed by atoms with Gasteiger partial charge in [0.05, 0.1) is 16.5 Å². The smallest absolute Gasteiger partial charge is 0.246 e. The Morgan fingerprint density at radius 1 is 1.23 bits per heavy atom. The Hall–Kier alpha value is -2.00. The number of hydrogen-bond donors (Lipinski definition) is 0. The molecule has 1 aromatic heterocycles. The Morgan fingerprint density at radius 3 is 2.65 bits per heavy atom. The molecule has 4 rings (SSSR count). The molecule has 0 unspecified atom stereocenters. The van der Waals surface area contributed by atoms with Crippen molar-refractivity contribution in [1.82, 2.24) is 25.1 Å². The van der Waals surface area contributed by atoms with E-state index in [1.807, 2.05) is 12.1 Å². The second kappa shape index (κ2) is 6.62. The molecule has 26 heavy (non-hydrogen) atoms. The van der Waals surface area contributed by atoms with E-state index in [1.165, 1.54) is 4.80 Å². The number of aromatic nitrogens is 4. The van der Waals surface area contributed by atoms with Crippen LogP contribution < -0.4 is 0 Å². The maximum Gasteiger partial charge on any atom is 0.246 e. The van der Waals surface area contributed by atoms with Gasteiger partial charge < -0.3 is 4.90 Å². The van der Waals surface area contributed by atoms with Crippen molar-refractivity contribution in [2.75, 3.05) is 11.5 Å². The summed E-state index contributed by atoms with van der Waals surface area (Å²) in [5.41, 5.74) is 0.647. The third-order valence-electron chi connectivity index (χ3n) is 4.67. The van der Waals surface area contributed by atoms with Gasteiger partial charge in [-0.05, 0) is 36.6 Å². The van der Waals surface area contributed by atoms with E-state index in [9.17, 15) is 13.2 Å². The minimum atomic E-state index is -3.05. The first-order valence-electron chi connectivity index (χ1n) is 8.47. The molecule has 1 aliphatic heterocycles. The van der Waals surface area contributed by atoms with Crippen molar-refractivity contribution in [2.24, 2.45) is 0 Å². The van der Waals surface area contributed by atoms with Gasteiger partial charge in [-0.25, -0.2) is 8.42 Å². The first kappa shape index (κ1) is 17.4. The third-order valence-corrected chi connectivity index (χ3v) is 6.75. The minimum Gasteiger partial charge on any atom is -0.334 e. The Bertz CT molecular complexity index is 941. The fourth-order valence-corrected chi connectivity index (χ4v) is 5.25. The van der Waals surface area contributed by atoms with Crippen LogP contribution in [0.15, 0.2) is 24.3 Å². The third kappa shape index (κ3) is 3.59. The van der Waals surface area contributed by atoms with E-state index in [2.05, 4.69) is 15.4 Å². The molecule has 10 heteroatoms. The maximum atomic E-state index is 12.8. The topological polar surface area (TPSA) is 98.1 Å². The lowest BCUT2D eigenvalue weighted by Crippen LogP contribution is -2.44. The van der Waals surface area contributed by atoms with Crippen LogP contribution in [0.4, 0.5) is 0 Å². The molecule has 2 fully saturated rings. The number of tetrazole rings is 1. The van der Waals surface area contributed by atoms with Gasteiger partial charge in [0.25, 0.3) is 0 Å². The number of carbonyl (C=O) groups is 1. The standard InChI is InChI=1S/C16H18ClN5O3S/c17-14-4-2-1-3-13(14)16-18-20-21(19-16)9-15(23)22(11-5-6-11)12-7-8-26(24,25)10-12/h1-4,11-12H,5-10H2/t12-/m1/s1. The average Bonchev–Trinajstić information content (AvgIpc) is 3.20. The van der Waals surface area contributed by atoms with Gasteiger partial charge in [0, 0.05) is 17.6 Å². The van der Waals surface area contributed by atoms with Gasteiger partial charge in [-0.3, -0.25) is 4.79 Å². The maximum absolute atomic E-state index is 12.8. The van der Waals surface area contributed by atoms with Crippen LogP contribution in [0.25, 0.3) is 11.4 Å². The molecule has 2 aromatic rings. The number of amides is 1. The average molecular weight is 396 g/mol. The SMILES string of the molecule is O=C(Cn1nnc(-c2ccccc2Cl)n1)N(C1CC1)[C@@H]1CCS(=O)(=O)C1. The van der Waals surface area contributed by atoms with Crippen molar-refractivity contribution in [3.05, 3.63) is 29.3 Å². The summed E-state index contributed by atoms with van der Waals surface area (Å²) in [4.78, 5) is 15.7. The molecule has 2 heterocycles. The first-order valence-corrected chi connectivity index (χ1v) is 10.7. The van der Waals surface area contributed by atoms with E-state index in [0.29, 0.717) is 22.8 Å². The van der Waals surface area contributed by atoms with Crippen LogP contribution in [-0.2, 0) is 21.2 Å². The molecule has 0 spiro atoms. The van der Waals surface area contributed by atoms with Gasteiger partial charge in [0.2, 0.25) is 11.7 Å². The molecule has 8 nitrogen and oxygen atoms in total. The van der Waals surface area contributed by atoms with Crippen molar-refractivity contribution < 1.29 is 13.2 Å². The number of hydrogen-bond acceptors (Lipinski definition) is 6. The highest BCUT2D eigenvalue weighted by Gasteiger charge is 2.42. The van der Waals surface area contributed by atoms with Crippen LogP contribution in [0.5, 0.6) is 0 Å². The lowest BCUT2D eigenvalue weighted by molar-refractivity contribution is -0.134. The van der Waals surface area contributed by atoms with E-state index in [1.54, 1.807) is 17.0 Å². The zero-order valence-electron chi connectivity index (χ0n) is 14.0. The zero-order valence-corrected chi connectivity index (χ0v) is 15.5.